The van der Waals surface area contributed by atoms with Crippen LogP contribution in [0.2, 0.25) is 0 Å². The van der Waals surface area contributed by atoms with Gasteiger partial charge in [-0.15, -0.1) is 0 Å². The summed E-state index contributed by atoms with van der Waals surface area (Å²) in [5.41, 5.74) is 5.38. The number of esters is 1. The van der Waals surface area contributed by atoms with Gasteiger partial charge in [0.25, 0.3) is 0 Å². The summed E-state index contributed by atoms with van der Waals surface area (Å²) in [7, 11) is 1.41. The van der Waals surface area contributed by atoms with Crippen LogP contribution in [0.15, 0.2) is 42.5 Å². The zero-order chi connectivity index (χ0) is 24.7. The second kappa shape index (κ2) is 9.06. The number of benzene rings is 2. The average molecular weight is 475 g/mol. The molecule has 0 spiro atoms. The summed E-state index contributed by atoms with van der Waals surface area (Å²) >= 11 is 0. The van der Waals surface area contributed by atoms with Crippen LogP contribution in [0.3, 0.4) is 0 Å². The summed E-state index contributed by atoms with van der Waals surface area (Å²) in [6.07, 6.45) is 5.70. The first-order chi connectivity index (χ1) is 16.8. The molecule has 2 aromatic carbocycles. The molecule has 0 saturated heterocycles. The van der Waals surface area contributed by atoms with Gasteiger partial charge < -0.3 is 14.0 Å². The first-order valence-corrected chi connectivity index (χ1v) is 12.6. The first-order valence-electron chi connectivity index (χ1n) is 12.6. The maximum Gasteiger partial charge on any atom is 0.414 e. The van der Waals surface area contributed by atoms with Crippen LogP contribution in [0.5, 0.6) is 0 Å². The molecular formula is C29H34N2O4. The molecule has 0 bridgehead atoms. The lowest BCUT2D eigenvalue weighted by Crippen LogP contribution is -2.38. The van der Waals surface area contributed by atoms with Crippen molar-refractivity contribution in [2.45, 2.75) is 70.9 Å². The molecule has 6 nitrogen and oxygen atoms in total. The van der Waals surface area contributed by atoms with E-state index in [1.807, 2.05) is 51.1 Å². The minimum atomic E-state index is -0.580. The van der Waals surface area contributed by atoms with Gasteiger partial charge in [0.05, 0.1) is 24.1 Å². The monoisotopic (exact) mass is 474 g/mol. The lowest BCUT2D eigenvalue weighted by Gasteiger charge is -2.28. The molecular weight excluding hydrogens is 440 g/mol. The number of aromatic nitrogens is 1. The fraction of sp³-hybridized carbons (Fsp3) is 0.448. The molecule has 0 N–H and O–H groups in total. The second-order valence-electron chi connectivity index (χ2n) is 10.6. The number of carbonyl (C=O) groups excluding carboxylic acids is 2. The van der Waals surface area contributed by atoms with Gasteiger partial charge in [0.15, 0.2) is 0 Å². The van der Waals surface area contributed by atoms with Gasteiger partial charge in [-0.25, -0.2) is 9.59 Å². The van der Waals surface area contributed by atoms with Crippen molar-refractivity contribution in [2.75, 3.05) is 18.6 Å². The van der Waals surface area contributed by atoms with Gasteiger partial charge in [0.2, 0.25) is 0 Å². The third kappa shape index (κ3) is 4.30. The predicted octanol–water partition coefficient (Wildman–Crippen LogP) is 6.90. The standard InChI is InChI=1S/C29H34N2O4/c1-29(2,3)35-28(33)31-17-16-30-24-18-20(27(32)34-4)14-15-21(24)25(19-10-6-5-7-11-19)26(30)22-12-8-9-13-23(22)31/h8-9,12-15,18-19H,5-7,10-11,16-17H2,1-4H3. The van der Waals surface area contributed by atoms with E-state index in [9.17, 15) is 9.59 Å². The first kappa shape index (κ1) is 23.5. The summed E-state index contributed by atoms with van der Waals surface area (Å²) in [5, 5.41) is 1.19. The van der Waals surface area contributed by atoms with Crippen molar-refractivity contribution < 1.29 is 19.1 Å². The van der Waals surface area contributed by atoms with E-state index >= 15 is 0 Å². The third-order valence-corrected chi connectivity index (χ3v) is 7.15. The highest BCUT2D eigenvalue weighted by Gasteiger charge is 2.33. The van der Waals surface area contributed by atoms with E-state index in [1.54, 1.807) is 4.90 Å². The van der Waals surface area contributed by atoms with Crippen molar-refractivity contribution in [1.29, 1.82) is 0 Å². The SMILES string of the molecule is COC(=O)c1ccc2c(C3CCCCC3)c3n(c2c1)CCN(C(=O)OC(C)(C)C)c1ccccc1-3. The number of para-hydroxylation sites is 1. The number of fused-ring (bicyclic) bond motifs is 5. The number of ether oxygens (including phenoxy) is 2. The Balaban J connectivity index is 1.74. The summed E-state index contributed by atoms with van der Waals surface area (Å²) in [4.78, 5) is 27.4. The largest absolute Gasteiger partial charge is 0.465 e. The number of amides is 1. The molecule has 2 heterocycles. The van der Waals surface area contributed by atoms with Gasteiger partial charge >= 0.3 is 12.1 Å². The van der Waals surface area contributed by atoms with Gasteiger partial charge in [0, 0.05) is 29.6 Å². The summed E-state index contributed by atoms with van der Waals surface area (Å²) in [6, 6.07) is 14.0. The maximum absolute atomic E-state index is 13.3. The van der Waals surface area contributed by atoms with Crippen molar-refractivity contribution in [3.63, 3.8) is 0 Å². The molecule has 35 heavy (non-hydrogen) atoms. The lowest BCUT2D eigenvalue weighted by molar-refractivity contribution is 0.0576. The molecule has 0 unspecified atom stereocenters. The Morgan fingerprint density at radius 3 is 2.43 bits per heavy atom. The number of hydrogen-bond acceptors (Lipinski definition) is 4. The maximum atomic E-state index is 13.3. The van der Waals surface area contributed by atoms with Gasteiger partial charge in [-0.3, -0.25) is 4.90 Å². The second-order valence-corrected chi connectivity index (χ2v) is 10.6. The Morgan fingerprint density at radius 1 is 0.971 bits per heavy atom. The minimum Gasteiger partial charge on any atom is -0.465 e. The molecule has 1 fully saturated rings. The van der Waals surface area contributed by atoms with Gasteiger partial charge in [-0.2, -0.15) is 0 Å². The molecule has 1 aromatic heterocycles. The van der Waals surface area contributed by atoms with E-state index in [4.69, 9.17) is 9.47 Å². The number of anilines is 1. The van der Waals surface area contributed by atoms with Crippen LogP contribution in [-0.4, -0.2) is 35.9 Å². The highest BCUT2D eigenvalue weighted by atomic mass is 16.6. The van der Waals surface area contributed by atoms with Crippen molar-refractivity contribution in [1.82, 2.24) is 4.57 Å². The molecule has 0 atom stereocenters. The van der Waals surface area contributed by atoms with Crippen LogP contribution in [0.1, 0.15) is 74.7 Å². The van der Waals surface area contributed by atoms with Crippen LogP contribution >= 0.6 is 0 Å². The highest BCUT2D eigenvalue weighted by Crippen LogP contribution is 2.47. The number of rotatable bonds is 2. The Morgan fingerprint density at radius 2 is 1.71 bits per heavy atom. The highest BCUT2D eigenvalue weighted by molar-refractivity contribution is 6.02. The van der Waals surface area contributed by atoms with Gasteiger partial charge in [-0.1, -0.05) is 43.5 Å². The van der Waals surface area contributed by atoms with Crippen molar-refractivity contribution in [3.05, 3.63) is 53.6 Å². The number of carbonyl (C=O) groups is 2. The smallest absolute Gasteiger partial charge is 0.414 e. The number of nitrogens with zero attached hydrogens (tertiary/aromatic N) is 2. The molecule has 1 amide bonds. The normalized spacial score (nSPS) is 16.4. The molecule has 2 aliphatic rings. The van der Waals surface area contributed by atoms with E-state index in [2.05, 4.69) is 16.7 Å². The molecule has 184 valence electrons. The van der Waals surface area contributed by atoms with Crippen LogP contribution in [-0.2, 0) is 16.0 Å². The van der Waals surface area contributed by atoms with Crippen molar-refractivity contribution in [3.8, 4) is 11.3 Å². The molecule has 6 heteroatoms. The van der Waals surface area contributed by atoms with Gasteiger partial charge in [0.1, 0.15) is 5.60 Å². The quantitative estimate of drug-likeness (QED) is 0.379. The third-order valence-electron chi connectivity index (χ3n) is 7.15. The molecule has 3 aromatic rings. The molecule has 1 aliphatic heterocycles. The Hall–Kier alpha value is -3.28. The lowest BCUT2D eigenvalue weighted by atomic mass is 9.81. The number of methoxy groups -OCH3 is 1. The Kier molecular flexibility index (Phi) is 6.07. The average Bonchev–Trinajstić information content (AvgIpc) is 3.06. The summed E-state index contributed by atoms with van der Waals surface area (Å²) in [5.74, 6) is 0.110. The minimum absolute atomic E-state index is 0.338. The Bertz CT molecular complexity index is 1280. The van der Waals surface area contributed by atoms with Crippen LogP contribution in [0.4, 0.5) is 10.5 Å². The van der Waals surface area contributed by atoms with Crippen molar-refractivity contribution >= 4 is 28.7 Å². The summed E-state index contributed by atoms with van der Waals surface area (Å²) < 4.78 is 13.1. The molecule has 1 aliphatic carbocycles. The van der Waals surface area contributed by atoms with E-state index in [-0.39, 0.29) is 12.1 Å². The summed E-state index contributed by atoms with van der Waals surface area (Å²) in [6.45, 7) is 6.76. The zero-order valence-electron chi connectivity index (χ0n) is 21.1. The van der Waals surface area contributed by atoms with E-state index in [0.29, 0.717) is 24.6 Å². The number of hydrogen-bond donors (Lipinski definition) is 0. The molecule has 1 saturated carbocycles. The van der Waals surface area contributed by atoms with Crippen LogP contribution < -0.4 is 4.90 Å². The molecule has 5 rings (SSSR count). The van der Waals surface area contributed by atoms with Crippen LogP contribution in [0, 0.1) is 0 Å². The van der Waals surface area contributed by atoms with Gasteiger partial charge in [-0.05, 0) is 63.3 Å². The topological polar surface area (TPSA) is 60.8 Å². The zero-order valence-corrected chi connectivity index (χ0v) is 21.1. The fourth-order valence-electron chi connectivity index (χ4n) is 5.68. The van der Waals surface area contributed by atoms with Crippen molar-refractivity contribution in [2.24, 2.45) is 0 Å². The van der Waals surface area contributed by atoms with E-state index in [0.717, 1.165) is 35.3 Å². The Labute approximate surface area is 206 Å². The van der Waals surface area contributed by atoms with E-state index in [1.165, 1.54) is 37.3 Å². The molecule has 0 radical (unpaired) electrons. The van der Waals surface area contributed by atoms with Crippen LogP contribution in [0.25, 0.3) is 22.2 Å². The fourth-order valence-corrected chi connectivity index (χ4v) is 5.68. The van der Waals surface area contributed by atoms with E-state index < -0.39 is 5.60 Å². The predicted molar refractivity (Wildman–Crippen MR) is 138 cm³/mol.